The summed E-state index contributed by atoms with van der Waals surface area (Å²) in [6.45, 7) is 2.81. The number of pyridine rings is 1. The van der Waals surface area contributed by atoms with Crippen molar-refractivity contribution in [1.29, 1.82) is 0 Å². The molecule has 5 heteroatoms. The number of nitrogens with zero attached hydrogens (tertiary/aromatic N) is 2. The molecule has 124 valence electrons. The summed E-state index contributed by atoms with van der Waals surface area (Å²) in [7, 11) is 2.12. The Morgan fingerprint density at radius 1 is 1.25 bits per heavy atom. The molecule has 0 amide bonds. The number of benzene rings is 1. The molecular formula is C19H19ClN2O2. The molecular weight excluding hydrogens is 324 g/mol. The van der Waals surface area contributed by atoms with E-state index in [0.29, 0.717) is 13.2 Å². The number of aromatic nitrogens is 1. The molecule has 3 aromatic rings. The second-order valence-electron chi connectivity index (χ2n) is 6.24. The third-order valence-corrected chi connectivity index (χ3v) is 4.84. The first-order valence-corrected chi connectivity index (χ1v) is 8.47. The number of ether oxygens (including phenoxy) is 1. The van der Waals surface area contributed by atoms with Crippen LogP contribution in [-0.2, 0) is 30.9 Å². The van der Waals surface area contributed by atoms with Gasteiger partial charge in [0, 0.05) is 41.5 Å². The van der Waals surface area contributed by atoms with Crippen LogP contribution < -0.4 is 0 Å². The van der Waals surface area contributed by atoms with Crippen LogP contribution in [0.2, 0.25) is 5.02 Å². The smallest absolute Gasteiger partial charge is 0.135 e. The molecule has 1 aliphatic heterocycles. The highest BCUT2D eigenvalue weighted by molar-refractivity contribution is 6.32. The topological polar surface area (TPSA) is 38.5 Å². The van der Waals surface area contributed by atoms with Gasteiger partial charge in [-0.25, -0.2) is 0 Å². The number of likely N-dealkylation sites (N-methyl/N-ethyl adjacent to an activating group) is 1. The predicted octanol–water partition coefficient (Wildman–Crippen LogP) is 4.19. The van der Waals surface area contributed by atoms with Gasteiger partial charge < -0.3 is 14.1 Å². The van der Waals surface area contributed by atoms with Crippen LogP contribution in [0.3, 0.4) is 0 Å². The highest BCUT2D eigenvalue weighted by Crippen LogP contribution is 2.36. The van der Waals surface area contributed by atoms with Gasteiger partial charge >= 0.3 is 0 Å². The Hall–Kier alpha value is -1.88. The predicted molar refractivity (Wildman–Crippen MR) is 94.0 cm³/mol. The van der Waals surface area contributed by atoms with Gasteiger partial charge in [-0.05, 0) is 42.8 Å². The average molecular weight is 343 g/mol. The lowest BCUT2D eigenvalue weighted by Gasteiger charge is -2.13. The summed E-state index contributed by atoms with van der Waals surface area (Å²) in [6.07, 6.45) is 4.52. The molecule has 0 N–H and O–H groups in total. The molecule has 0 unspecified atom stereocenters. The number of furan rings is 1. The fourth-order valence-electron chi connectivity index (χ4n) is 3.28. The average Bonchev–Trinajstić information content (AvgIpc) is 2.81. The van der Waals surface area contributed by atoms with E-state index in [1.54, 1.807) is 6.20 Å². The van der Waals surface area contributed by atoms with E-state index in [9.17, 15) is 0 Å². The van der Waals surface area contributed by atoms with Crippen molar-refractivity contribution in [2.45, 2.75) is 26.2 Å². The number of hydrogen-bond acceptors (Lipinski definition) is 4. The van der Waals surface area contributed by atoms with E-state index in [1.165, 1.54) is 16.5 Å². The third kappa shape index (κ3) is 2.93. The Morgan fingerprint density at radius 2 is 2.17 bits per heavy atom. The molecule has 0 saturated heterocycles. The Balaban J connectivity index is 1.63. The molecule has 0 aliphatic carbocycles. The summed E-state index contributed by atoms with van der Waals surface area (Å²) < 4.78 is 11.9. The van der Waals surface area contributed by atoms with Gasteiger partial charge in [-0.15, -0.1) is 0 Å². The molecule has 0 fully saturated rings. The minimum Gasteiger partial charge on any atom is -0.458 e. The first-order chi connectivity index (χ1) is 11.7. The quantitative estimate of drug-likeness (QED) is 0.712. The fraction of sp³-hybridized carbons (Fsp3) is 0.316. The Labute approximate surface area is 146 Å². The van der Waals surface area contributed by atoms with E-state index in [-0.39, 0.29) is 0 Å². The maximum absolute atomic E-state index is 6.42. The first kappa shape index (κ1) is 15.6. The molecule has 24 heavy (non-hydrogen) atoms. The summed E-state index contributed by atoms with van der Waals surface area (Å²) in [5, 5.41) is 1.99. The Bertz CT molecular complexity index is 861. The summed E-state index contributed by atoms with van der Waals surface area (Å²) in [5.74, 6) is 0.895. The maximum atomic E-state index is 6.42. The lowest BCUT2D eigenvalue weighted by molar-refractivity contribution is 0.0925. The van der Waals surface area contributed by atoms with E-state index in [4.69, 9.17) is 20.8 Å². The van der Waals surface area contributed by atoms with Crippen molar-refractivity contribution >= 4 is 22.6 Å². The summed E-state index contributed by atoms with van der Waals surface area (Å²) in [4.78, 5) is 6.40. The van der Waals surface area contributed by atoms with E-state index in [2.05, 4.69) is 16.9 Å². The molecule has 0 radical (unpaired) electrons. The fourth-order valence-corrected chi connectivity index (χ4v) is 3.53. The van der Waals surface area contributed by atoms with Gasteiger partial charge in [-0.3, -0.25) is 4.98 Å². The Morgan fingerprint density at radius 3 is 3.00 bits per heavy atom. The van der Waals surface area contributed by atoms with E-state index >= 15 is 0 Å². The zero-order chi connectivity index (χ0) is 16.5. The van der Waals surface area contributed by atoms with Crippen molar-refractivity contribution in [1.82, 2.24) is 9.88 Å². The van der Waals surface area contributed by atoms with Crippen LogP contribution in [0, 0.1) is 0 Å². The van der Waals surface area contributed by atoms with Crippen molar-refractivity contribution in [3.8, 4) is 0 Å². The van der Waals surface area contributed by atoms with E-state index < -0.39 is 0 Å². The number of rotatable bonds is 4. The third-order valence-electron chi connectivity index (χ3n) is 4.49. The number of halogens is 1. The van der Waals surface area contributed by atoms with Crippen LogP contribution >= 0.6 is 11.6 Å². The number of hydrogen-bond donors (Lipinski definition) is 0. The minimum absolute atomic E-state index is 0.448. The van der Waals surface area contributed by atoms with Crippen molar-refractivity contribution in [2.24, 2.45) is 0 Å². The zero-order valence-corrected chi connectivity index (χ0v) is 14.3. The molecule has 1 aromatic carbocycles. The zero-order valence-electron chi connectivity index (χ0n) is 13.6. The van der Waals surface area contributed by atoms with Crippen molar-refractivity contribution in [3.05, 3.63) is 64.1 Å². The lowest BCUT2D eigenvalue weighted by atomic mass is 10.0. The molecule has 2 aromatic heterocycles. The van der Waals surface area contributed by atoms with Crippen LogP contribution in [0.1, 0.15) is 22.5 Å². The van der Waals surface area contributed by atoms with Gasteiger partial charge in [0.05, 0.1) is 6.61 Å². The lowest BCUT2D eigenvalue weighted by Crippen LogP contribution is -2.19. The van der Waals surface area contributed by atoms with Gasteiger partial charge in [0.1, 0.15) is 18.0 Å². The van der Waals surface area contributed by atoms with Crippen molar-refractivity contribution in [3.63, 3.8) is 0 Å². The second kappa shape index (κ2) is 6.55. The normalized spacial score (nSPS) is 14.9. The van der Waals surface area contributed by atoms with Crippen LogP contribution in [0.25, 0.3) is 11.0 Å². The molecule has 0 bridgehead atoms. The highest BCUT2D eigenvalue weighted by Gasteiger charge is 2.23. The molecule has 1 aliphatic rings. The van der Waals surface area contributed by atoms with Gasteiger partial charge in [0.15, 0.2) is 0 Å². The standard InChI is InChI=1S/C19H19ClN2O2/c1-22-8-6-14-16(20)4-5-17-19(14)15(10-22)18(24-17)12-23-11-13-3-2-7-21-9-13/h2-5,7,9H,6,8,10-12H2,1H3. The monoisotopic (exact) mass is 342 g/mol. The molecule has 4 rings (SSSR count). The largest absolute Gasteiger partial charge is 0.458 e. The van der Waals surface area contributed by atoms with E-state index in [1.807, 2.05) is 30.5 Å². The van der Waals surface area contributed by atoms with Gasteiger partial charge in [0.2, 0.25) is 0 Å². The van der Waals surface area contributed by atoms with Crippen LogP contribution in [-0.4, -0.2) is 23.5 Å². The molecule has 0 spiro atoms. The van der Waals surface area contributed by atoms with Crippen molar-refractivity contribution < 1.29 is 9.15 Å². The maximum Gasteiger partial charge on any atom is 0.135 e. The highest BCUT2D eigenvalue weighted by atomic mass is 35.5. The molecule has 4 nitrogen and oxygen atoms in total. The first-order valence-electron chi connectivity index (χ1n) is 8.09. The Kier molecular flexibility index (Phi) is 4.27. The summed E-state index contributed by atoms with van der Waals surface area (Å²) in [6, 6.07) is 7.81. The van der Waals surface area contributed by atoms with Crippen molar-refractivity contribution in [2.75, 3.05) is 13.6 Å². The van der Waals surface area contributed by atoms with Gasteiger partial charge in [-0.1, -0.05) is 17.7 Å². The van der Waals surface area contributed by atoms with Gasteiger partial charge in [-0.2, -0.15) is 0 Å². The van der Waals surface area contributed by atoms with Crippen LogP contribution in [0.5, 0.6) is 0 Å². The molecule has 0 saturated carbocycles. The summed E-state index contributed by atoms with van der Waals surface area (Å²) in [5.41, 5.74) is 4.35. The SMILES string of the molecule is CN1CCc2c(Cl)ccc3oc(COCc4cccnc4)c(c23)C1. The van der Waals surface area contributed by atoms with E-state index in [0.717, 1.165) is 41.4 Å². The summed E-state index contributed by atoms with van der Waals surface area (Å²) >= 11 is 6.42. The minimum atomic E-state index is 0.448. The van der Waals surface area contributed by atoms with Crippen LogP contribution in [0.4, 0.5) is 0 Å². The van der Waals surface area contributed by atoms with Gasteiger partial charge in [0.25, 0.3) is 0 Å². The molecule has 3 heterocycles. The molecule has 0 atom stereocenters. The second-order valence-corrected chi connectivity index (χ2v) is 6.65. The van der Waals surface area contributed by atoms with Crippen LogP contribution in [0.15, 0.2) is 41.1 Å².